The summed E-state index contributed by atoms with van der Waals surface area (Å²) >= 11 is 6.81. The number of aryl methyl sites for hydroxylation is 1. The van der Waals surface area contributed by atoms with Crippen molar-refractivity contribution >= 4 is 46.3 Å². The van der Waals surface area contributed by atoms with Gasteiger partial charge in [0.25, 0.3) is 0 Å². The highest BCUT2D eigenvalue weighted by Crippen LogP contribution is 2.37. The molecule has 0 bridgehead atoms. The monoisotopic (exact) mass is 595 g/mol. The van der Waals surface area contributed by atoms with E-state index in [1.54, 1.807) is 18.3 Å². The van der Waals surface area contributed by atoms with Gasteiger partial charge in [0, 0.05) is 62.0 Å². The lowest BCUT2D eigenvalue weighted by atomic mass is 9.91. The van der Waals surface area contributed by atoms with Gasteiger partial charge in [0.2, 0.25) is 11.9 Å². The van der Waals surface area contributed by atoms with Crippen molar-refractivity contribution in [3.63, 3.8) is 0 Å². The lowest BCUT2D eigenvalue weighted by Gasteiger charge is -2.23. The van der Waals surface area contributed by atoms with Crippen molar-refractivity contribution < 1.29 is 13.9 Å². The molecule has 4 aromatic rings. The number of carbonyl (C=O) groups excluding carboxylic acids is 1. The van der Waals surface area contributed by atoms with E-state index in [0.717, 1.165) is 38.0 Å². The minimum absolute atomic E-state index is 0.0304. The number of likely N-dealkylation sites (tertiary alicyclic amines) is 1. The van der Waals surface area contributed by atoms with Crippen LogP contribution < -0.4 is 15.4 Å². The smallest absolute Gasteiger partial charge is 0.228 e. The van der Waals surface area contributed by atoms with E-state index in [1.807, 2.05) is 17.7 Å². The van der Waals surface area contributed by atoms with Crippen LogP contribution >= 0.6 is 11.6 Å². The van der Waals surface area contributed by atoms with Gasteiger partial charge in [-0.15, -0.1) is 0 Å². The van der Waals surface area contributed by atoms with Crippen LogP contribution in [0, 0.1) is 5.92 Å². The van der Waals surface area contributed by atoms with Crippen molar-refractivity contribution in [2.75, 3.05) is 36.9 Å². The van der Waals surface area contributed by atoms with E-state index >= 15 is 0 Å². The van der Waals surface area contributed by atoms with Crippen molar-refractivity contribution in [3.8, 4) is 11.5 Å². The number of halogens is 2. The third-order valence-corrected chi connectivity index (χ3v) is 8.07. The van der Waals surface area contributed by atoms with Crippen LogP contribution in [0.15, 0.2) is 30.6 Å². The van der Waals surface area contributed by atoms with Crippen molar-refractivity contribution in [3.05, 3.63) is 41.3 Å². The summed E-state index contributed by atoms with van der Waals surface area (Å²) in [5, 5.41) is 11.4. The third kappa shape index (κ3) is 5.78. The number of fused-ring (bicyclic) bond motifs is 1. The Morgan fingerprint density at radius 2 is 2.00 bits per heavy atom. The minimum Gasteiger partial charge on any atom is -0.454 e. The number of anilines is 3. The van der Waals surface area contributed by atoms with Crippen LogP contribution in [0.25, 0.3) is 11.2 Å². The fourth-order valence-electron chi connectivity index (χ4n) is 5.28. The molecule has 5 heterocycles. The number of carbonyl (C=O) groups is 1. The zero-order valence-electron chi connectivity index (χ0n) is 24.2. The summed E-state index contributed by atoms with van der Waals surface area (Å²) in [6.45, 7) is 8.21. The van der Waals surface area contributed by atoms with Gasteiger partial charge in [-0.3, -0.25) is 14.4 Å². The van der Waals surface area contributed by atoms with E-state index < -0.39 is 0 Å². The van der Waals surface area contributed by atoms with Crippen LogP contribution in [0.3, 0.4) is 0 Å². The Bertz CT molecular complexity index is 1630. The maximum atomic E-state index is 12.9. The average Bonchev–Trinajstić information content (AvgIpc) is 3.41. The molecule has 4 aromatic heterocycles. The molecule has 6 rings (SSSR count). The molecule has 0 spiro atoms. The second kappa shape index (κ2) is 11.1. The Labute approximate surface area is 248 Å². The topological polar surface area (TPSA) is 115 Å². The molecular weight excluding hydrogens is 561 g/mol. The maximum Gasteiger partial charge on any atom is 0.228 e. The number of pyridine rings is 2. The number of alkyl halides is 1. The number of imidazole rings is 1. The number of hydrogen-bond donors (Lipinski definition) is 2. The zero-order chi connectivity index (χ0) is 29.6. The number of nitrogens with one attached hydrogen (secondary N) is 2. The van der Waals surface area contributed by atoms with Gasteiger partial charge in [-0.1, -0.05) is 32.4 Å². The Hall–Kier alpha value is -3.77. The molecular formula is C29H35ClFN9O2. The van der Waals surface area contributed by atoms with Gasteiger partial charge in [-0.25, -0.2) is 14.4 Å². The fraction of sp³-hybridized carbons (Fsp3) is 0.483. The number of ether oxygens (including phenoxy) is 1. The van der Waals surface area contributed by atoms with Gasteiger partial charge >= 0.3 is 0 Å². The maximum absolute atomic E-state index is 12.9. The minimum atomic E-state index is -0.344. The molecule has 1 aliphatic heterocycles. The predicted molar refractivity (Wildman–Crippen MR) is 159 cm³/mol. The van der Waals surface area contributed by atoms with Gasteiger partial charge in [0.05, 0.1) is 12.2 Å². The molecule has 1 aliphatic carbocycles. The van der Waals surface area contributed by atoms with Gasteiger partial charge in [-0.2, -0.15) is 10.1 Å². The van der Waals surface area contributed by atoms with E-state index in [-0.39, 0.29) is 30.0 Å². The predicted octanol–water partition coefficient (Wildman–Crippen LogP) is 5.61. The summed E-state index contributed by atoms with van der Waals surface area (Å²) in [5.41, 5.74) is 2.00. The Morgan fingerprint density at radius 3 is 2.74 bits per heavy atom. The summed E-state index contributed by atoms with van der Waals surface area (Å²) in [7, 11) is 1.85. The zero-order valence-corrected chi connectivity index (χ0v) is 25.0. The largest absolute Gasteiger partial charge is 0.454 e. The SMILES string of the molecule is Cn1c(Nc2cc(C(C)(C)C)n([C@H]3CCN(CCF)C3)n2)nc2ncc(Oc3ccnc(NC(=O)C4CC4)c3)c(Cl)c21. The van der Waals surface area contributed by atoms with Gasteiger partial charge in [0.1, 0.15) is 28.8 Å². The number of hydrogen-bond acceptors (Lipinski definition) is 8. The van der Waals surface area contributed by atoms with E-state index in [9.17, 15) is 9.18 Å². The summed E-state index contributed by atoms with van der Waals surface area (Å²) < 4.78 is 22.9. The molecule has 0 radical (unpaired) electrons. The Morgan fingerprint density at radius 1 is 1.19 bits per heavy atom. The van der Waals surface area contributed by atoms with Crippen LogP contribution in [-0.4, -0.2) is 66.4 Å². The normalized spacial score (nSPS) is 17.6. The lowest BCUT2D eigenvalue weighted by Crippen LogP contribution is -2.26. The molecule has 0 unspecified atom stereocenters. The van der Waals surface area contributed by atoms with Gasteiger partial charge in [0.15, 0.2) is 17.2 Å². The second-order valence-electron chi connectivity index (χ2n) is 12.0. The molecule has 13 heteroatoms. The van der Waals surface area contributed by atoms with Crippen molar-refractivity contribution in [1.82, 2.24) is 34.2 Å². The van der Waals surface area contributed by atoms with E-state index in [1.165, 1.54) is 6.20 Å². The number of aromatic nitrogens is 6. The summed E-state index contributed by atoms with van der Waals surface area (Å²) in [6.07, 6.45) is 5.83. The van der Waals surface area contributed by atoms with Crippen molar-refractivity contribution in [1.29, 1.82) is 0 Å². The van der Waals surface area contributed by atoms with E-state index in [0.29, 0.717) is 51.8 Å². The van der Waals surface area contributed by atoms with Crippen molar-refractivity contribution in [2.24, 2.45) is 13.0 Å². The standard InChI is InChI=1S/C29H35ClFN9O2/c1-29(2,3)21-14-23(37-40(21)18-8-11-39(16-18)12-9-31)35-28-36-26-25(38(28)4)24(30)20(15-33-26)42-19-7-10-32-22(13-19)34-27(41)17-5-6-17/h7,10,13-15,17-18H,5-6,8-9,11-12,16H2,1-4H3,(H,32,34,41)(H,33,35,36,37)/t18-/m0/s1. The molecule has 2 fully saturated rings. The fourth-order valence-corrected chi connectivity index (χ4v) is 5.58. The first kappa shape index (κ1) is 28.4. The number of rotatable bonds is 9. The lowest BCUT2D eigenvalue weighted by molar-refractivity contribution is -0.117. The summed E-state index contributed by atoms with van der Waals surface area (Å²) in [5.74, 6) is 2.47. The summed E-state index contributed by atoms with van der Waals surface area (Å²) in [4.78, 5) is 27.6. The molecule has 1 amide bonds. The van der Waals surface area contributed by atoms with Crippen LogP contribution in [0.1, 0.15) is 51.8 Å². The quantitative estimate of drug-likeness (QED) is 0.256. The number of nitrogens with zero attached hydrogens (tertiary/aromatic N) is 7. The van der Waals surface area contributed by atoms with Crippen LogP contribution in [0.5, 0.6) is 11.5 Å². The molecule has 42 heavy (non-hydrogen) atoms. The highest BCUT2D eigenvalue weighted by molar-refractivity contribution is 6.36. The number of amides is 1. The van der Waals surface area contributed by atoms with E-state index in [2.05, 4.69) is 55.9 Å². The highest BCUT2D eigenvalue weighted by Gasteiger charge is 2.31. The first-order chi connectivity index (χ1) is 20.1. The van der Waals surface area contributed by atoms with Gasteiger partial charge in [-0.05, 0) is 25.3 Å². The molecule has 11 nitrogen and oxygen atoms in total. The molecule has 1 atom stereocenters. The van der Waals surface area contributed by atoms with Crippen molar-refractivity contribution in [2.45, 2.75) is 51.5 Å². The molecule has 0 aromatic carbocycles. The Kier molecular flexibility index (Phi) is 7.52. The van der Waals surface area contributed by atoms with Crippen LogP contribution in [-0.2, 0) is 17.3 Å². The third-order valence-electron chi connectivity index (χ3n) is 7.70. The van der Waals surface area contributed by atoms with Crippen LogP contribution in [0.2, 0.25) is 5.02 Å². The first-order valence-corrected chi connectivity index (χ1v) is 14.6. The molecule has 1 saturated heterocycles. The van der Waals surface area contributed by atoms with Crippen LogP contribution in [0.4, 0.5) is 22.0 Å². The van der Waals surface area contributed by atoms with E-state index in [4.69, 9.17) is 21.4 Å². The Balaban J connectivity index is 1.24. The molecule has 222 valence electrons. The molecule has 2 N–H and O–H groups in total. The molecule has 2 aliphatic rings. The van der Waals surface area contributed by atoms with Gasteiger partial charge < -0.3 is 19.9 Å². The average molecular weight is 596 g/mol. The second-order valence-corrected chi connectivity index (χ2v) is 12.4. The first-order valence-electron chi connectivity index (χ1n) is 14.2. The highest BCUT2D eigenvalue weighted by atomic mass is 35.5. The summed E-state index contributed by atoms with van der Waals surface area (Å²) in [6, 6.07) is 5.56. The molecule has 1 saturated carbocycles.